The highest BCUT2D eigenvalue weighted by atomic mass is 79.9. The second kappa shape index (κ2) is 10.1. The van der Waals surface area contributed by atoms with Gasteiger partial charge in [-0.25, -0.2) is 0 Å². The molecule has 1 aromatic carbocycles. The van der Waals surface area contributed by atoms with E-state index in [1.165, 1.54) is 18.4 Å². The van der Waals surface area contributed by atoms with Gasteiger partial charge in [0.1, 0.15) is 5.75 Å². The summed E-state index contributed by atoms with van der Waals surface area (Å²) in [5.74, 6) is 1.30. The predicted octanol–water partition coefficient (Wildman–Crippen LogP) is 10.2. The van der Waals surface area contributed by atoms with Gasteiger partial charge in [0, 0.05) is 19.0 Å². The Morgan fingerprint density at radius 3 is 2.53 bits per heavy atom. The number of phenols is 1. The largest absolute Gasteiger partial charge is 0.506 e. The second-order valence-electron chi connectivity index (χ2n) is 11.0. The van der Waals surface area contributed by atoms with Crippen LogP contribution in [0.1, 0.15) is 71.8 Å². The Labute approximate surface area is 233 Å². The molecule has 6 atom stereocenters. The summed E-state index contributed by atoms with van der Waals surface area (Å²) < 4.78 is 1.66. The number of phenolic OH excluding ortho intramolecular Hbond substituents is 1. The summed E-state index contributed by atoms with van der Waals surface area (Å²) in [5, 5.41) is 10.9. The zero-order valence-corrected chi connectivity index (χ0v) is 26.6. The summed E-state index contributed by atoms with van der Waals surface area (Å²) in [6, 6.07) is 3.96. The number of hydrogen-bond acceptors (Lipinski definition) is 1. The molecule has 6 heteroatoms. The molecule has 0 radical (unpaired) electrons. The summed E-state index contributed by atoms with van der Waals surface area (Å²) in [4.78, 5) is 0.496. The lowest BCUT2D eigenvalue weighted by Crippen LogP contribution is -2.55. The summed E-state index contributed by atoms with van der Waals surface area (Å²) >= 11 is 21.8. The van der Waals surface area contributed by atoms with E-state index in [9.17, 15) is 5.11 Å². The molecule has 2 fully saturated rings. The Kier molecular flexibility index (Phi) is 8.74. The number of benzene rings is 1. The van der Waals surface area contributed by atoms with E-state index in [1.807, 2.05) is 6.07 Å². The monoisotopic (exact) mass is 714 g/mol. The molecule has 32 heavy (non-hydrogen) atoms. The smallest absolute Gasteiger partial charge is 0.133 e. The van der Waals surface area contributed by atoms with E-state index in [0.717, 1.165) is 46.6 Å². The van der Waals surface area contributed by atoms with Gasteiger partial charge in [-0.2, -0.15) is 0 Å². The minimum absolute atomic E-state index is 0.0698. The van der Waals surface area contributed by atoms with E-state index in [2.05, 4.69) is 104 Å². The lowest BCUT2D eigenvalue weighted by molar-refractivity contribution is -0.0602. The highest BCUT2D eigenvalue weighted by molar-refractivity contribution is 9.11. The van der Waals surface area contributed by atoms with Gasteiger partial charge in [0.05, 0.1) is 4.47 Å². The highest BCUT2D eigenvalue weighted by Crippen LogP contribution is 2.64. The molecular weight excluding hydrogens is 683 g/mol. The average Bonchev–Trinajstić information content (AvgIpc) is 2.69. The van der Waals surface area contributed by atoms with Crippen LogP contribution in [0.3, 0.4) is 0 Å². The Morgan fingerprint density at radius 1 is 1.25 bits per heavy atom. The lowest BCUT2D eigenvalue weighted by atomic mass is 9.45. The van der Waals surface area contributed by atoms with Gasteiger partial charge in [-0.05, 0) is 115 Å². The van der Waals surface area contributed by atoms with Crippen LogP contribution >= 0.6 is 75.3 Å². The van der Waals surface area contributed by atoms with Crippen molar-refractivity contribution in [1.29, 1.82) is 0 Å². The maximum atomic E-state index is 10.8. The number of alkyl halides is 3. The number of halogens is 5. The highest BCUT2D eigenvalue weighted by Gasteiger charge is 2.57. The topological polar surface area (TPSA) is 20.2 Å². The van der Waals surface area contributed by atoms with Crippen molar-refractivity contribution in [3.05, 3.63) is 38.8 Å². The quantitative estimate of drug-likeness (QED) is 0.229. The molecule has 0 amide bonds. The van der Waals surface area contributed by atoms with Gasteiger partial charge in [0.2, 0.25) is 0 Å². The van der Waals surface area contributed by atoms with E-state index in [1.54, 1.807) is 0 Å². The number of aromatic hydroxyl groups is 1. The average molecular weight is 719 g/mol. The molecule has 180 valence electrons. The van der Waals surface area contributed by atoms with Crippen molar-refractivity contribution >= 4 is 75.3 Å². The molecule has 2 unspecified atom stereocenters. The number of hydrogen-bond donors (Lipinski definition) is 1. The van der Waals surface area contributed by atoms with Gasteiger partial charge < -0.3 is 5.11 Å². The van der Waals surface area contributed by atoms with Gasteiger partial charge in [-0.3, -0.25) is 0 Å². The molecule has 2 saturated carbocycles. The first kappa shape index (κ1) is 27.6. The van der Waals surface area contributed by atoms with Crippen LogP contribution in [-0.4, -0.2) is 19.6 Å². The van der Waals surface area contributed by atoms with Crippen LogP contribution in [0, 0.1) is 22.7 Å². The van der Waals surface area contributed by atoms with Gasteiger partial charge >= 0.3 is 0 Å². The van der Waals surface area contributed by atoms with Crippen molar-refractivity contribution in [2.75, 3.05) is 0 Å². The molecular formula is C26H35Br4ClO. The summed E-state index contributed by atoms with van der Waals surface area (Å²) in [7, 11) is 0. The number of rotatable bonds is 6. The first-order valence-corrected chi connectivity index (χ1v) is 15.2. The van der Waals surface area contributed by atoms with E-state index >= 15 is 0 Å². The molecule has 0 aromatic heterocycles. The molecule has 0 saturated heterocycles. The summed E-state index contributed by atoms with van der Waals surface area (Å²) in [6.07, 6.45) is 7.51. The summed E-state index contributed by atoms with van der Waals surface area (Å²) in [6.45, 7) is 13.8. The maximum Gasteiger partial charge on any atom is 0.133 e. The third-order valence-corrected chi connectivity index (χ3v) is 12.6. The van der Waals surface area contributed by atoms with E-state index in [-0.39, 0.29) is 20.5 Å². The SMILES string of the molecule is C=C1CC[C@@H]2[C@@](C)(CCC(Cl)C(C)(C)Br)[C@H](Br)CC[C@@]2(C)C1Cc1cc(Br)cc(Br)c1O. The van der Waals surface area contributed by atoms with Crippen molar-refractivity contribution < 1.29 is 5.11 Å². The van der Waals surface area contributed by atoms with Gasteiger partial charge in [0.15, 0.2) is 0 Å². The number of allylic oxidation sites excluding steroid dienone is 1. The minimum atomic E-state index is -0.0698. The Hall–Kier alpha value is 0.970. The van der Waals surface area contributed by atoms with Crippen molar-refractivity contribution in [3.63, 3.8) is 0 Å². The van der Waals surface area contributed by atoms with Gasteiger partial charge in [-0.1, -0.05) is 73.8 Å². The van der Waals surface area contributed by atoms with Crippen LogP contribution in [-0.2, 0) is 6.42 Å². The van der Waals surface area contributed by atoms with Crippen LogP contribution in [0.2, 0.25) is 0 Å². The molecule has 1 nitrogen and oxygen atoms in total. The standard InChI is InChI=1S/C26H35Br4ClO/c1-15-6-7-20-25(4,18(15)13-16-12-17(27)14-19(28)23(16)32)10-8-21(29)26(20,5)11-9-22(31)24(2,3)30/h12,14,18,20-22,32H,1,6-11,13H2,2-5H3/t18?,20-,21+,22?,25-,26+/m0/s1. The molecule has 0 spiro atoms. The molecule has 0 aliphatic heterocycles. The second-order valence-corrected chi connectivity index (χ2v) is 16.4. The zero-order valence-electron chi connectivity index (χ0n) is 19.5. The Morgan fingerprint density at radius 2 is 1.91 bits per heavy atom. The minimum Gasteiger partial charge on any atom is -0.506 e. The van der Waals surface area contributed by atoms with E-state index in [0.29, 0.717) is 22.4 Å². The van der Waals surface area contributed by atoms with Gasteiger partial charge in [0.25, 0.3) is 0 Å². The van der Waals surface area contributed by atoms with E-state index < -0.39 is 0 Å². The van der Waals surface area contributed by atoms with Crippen molar-refractivity contribution in [3.8, 4) is 5.75 Å². The third-order valence-electron chi connectivity index (χ3n) is 8.50. The number of fused-ring (bicyclic) bond motifs is 1. The first-order valence-electron chi connectivity index (χ1n) is 11.5. The van der Waals surface area contributed by atoms with Crippen molar-refractivity contribution in [2.45, 2.75) is 87.2 Å². The van der Waals surface area contributed by atoms with Crippen LogP contribution in [0.5, 0.6) is 5.75 Å². The van der Waals surface area contributed by atoms with Crippen molar-refractivity contribution in [1.82, 2.24) is 0 Å². The molecule has 1 aromatic rings. The lowest BCUT2D eigenvalue weighted by Gasteiger charge is -2.61. The summed E-state index contributed by atoms with van der Waals surface area (Å²) in [5.41, 5.74) is 2.66. The molecule has 0 heterocycles. The van der Waals surface area contributed by atoms with Crippen LogP contribution in [0.4, 0.5) is 0 Å². The van der Waals surface area contributed by atoms with Crippen LogP contribution in [0.25, 0.3) is 0 Å². The third kappa shape index (κ3) is 5.37. The van der Waals surface area contributed by atoms with Crippen LogP contribution in [0.15, 0.2) is 33.2 Å². The Bertz CT molecular complexity index is 866. The van der Waals surface area contributed by atoms with E-state index in [4.69, 9.17) is 11.6 Å². The normalized spacial score (nSPS) is 34.3. The fourth-order valence-electron chi connectivity index (χ4n) is 6.44. The van der Waals surface area contributed by atoms with Crippen molar-refractivity contribution in [2.24, 2.45) is 22.7 Å². The predicted molar refractivity (Wildman–Crippen MR) is 153 cm³/mol. The molecule has 0 bridgehead atoms. The molecule has 2 aliphatic rings. The first-order chi connectivity index (χ1) is 14.7. The Balaban J connectivity index is 1.92. The van der Waals surface area contributed by atoms with Crippen LogP contribution < -0.4 is 0 Å². The van der Waals surface area contributed by atoms with Gasteiger partial charge in [-0.15, -0.1) is 11.6 Å². The zero-order chi connectivity index (χ0) is 24.1. The maximum absolute atomic E-state index is 10.8. The fraction of sp³-hybridized carbons (Fsp3) is 0.692. The molecule has 2 aliphatic carbocycles. The fourth-order valence-corrected chi connectivity index (χ4v) is 8.87. The molecule has 1 N–H and O–H groups in total. The molecule has 3 rings (SSSR count).